The molecule has 0 aliphatic heterocycles. The number of thiophene rings is 1. The van der Waals surface area contributed by atoms with Gasteiger partial charge in [-0.1, -0.05) is 6.07 Å². The van der Waals surface area contributed by atoms with Crippen molar-refractivity contribution < 1.29 is 4.42 Å². The molecule has 1 unspecified atom stereocenters. The van der Waals surface area contributed by atoms with E-state index in [-0.39, 0.29) is 6.04 Å². The maximum absolute atomic E-state index is 5.20. The van der Waals surface area contributed by atoms with Crippen molar-refractivity contribution in [2.75, 3.05) is 5.32 Å². The van der Waals surface area contributed by atoms with E-state index in [0.717, 1.165) is 11.3 Å². The van der Waals surface area contributed by atoms with E-state index in [1.54, 1.807) is 11.3 Å². The van der Waals surface area contributed by atoms with Crippen LogP contribution in [0.4, 0.5) is 5.69 Å². The van der Waals surface area contributed by atoms with Gasteiger partial charge >= 0.3 is 0 Å². The summed E-state index contributed by atoms with van der Waals surface area (Å²) >= 11 is 1.71. The smallest absolute Gasteiger partial charge is 0.247 e. The van der Waals surface area contributed by atoms with Crippen LogP contribution in [-0.4, -0.2) is 10.2 Å². The monoisotopic (exact) mass is 271 g/mol. The number of benzene rings is 1. The van der Waals surface area contributed by atoms with Gasteiger partial charge in [0.1, 0.15) is 0 Å². The van der Waals surface area contributed by atoms with Crippen molar-refractivity contribution in [2.24, 2.45) is 0 Å². The Morgan fingerprint density at radius 3 is 3.00 bits per heavy atom. The Balaban J connectivity index is 1.80. The third-order valence-electron chi connectivity index (χ3n) is 2.90. The minimum atomic E-state index is 0.268. The summed E-state index contributed by atoms with van der Waals surface area (Å²) in [7, 11) is 0. The molecule has 0 aliphatic rings. The molecule has 1 atom stereocenters. The maximum atomic E-state index is 5.20. The molecule has 1 N–H and O–H groups in total. The van der Waals surface area contributed by atoms with Crippen molar-refractivity contribution in [1.82, 2.24) is 10.2 Å². The first kappa shape index (κ1) is 11.9. The van der Waals surface area contributed by atoms with Gasteiger partial charge in [-0.05, 0) is 47.5 Å². The zero-order valence-electron chi connectivity index (χ0n) is 10.4. The zero-order valence-corrected chi connectivity index (χ0v) is 11.2. The lowest BCUT2D eigenvalue weighted by Gasteiger charge is -2.14. The van der Waals surface area contributed by atoms with Crippen LogP contribution in [-0.2, 0) is 0 Å². The second kappa shape index (κ2) is 5.24. The van der Waals surface area contributed by atoms with Gasteiger partial charge in [-0.2, -0.15) is 11.3 Å². The second-order valence-corrected chi connectivity index (χ2v) is 5.03. The predicted octanol–water partition coefficient (Wildman–Crippen LogP) is 3.97. The highest BCUT2D eigenvalue weighted by atomic mass is 32.1. The van der Waals surface area contributed by atoms with Crippen LogP contribution in [0.2, 0.25) is 0 Å². The van der Waals surface area contributed by atoms with Crippen LogP contribution in [0.3, 0.4) is 0 Å². The fraction of sp³-hybridized carbons (Fsp3) is 0.143. The Labute approximate surface area is 115 Å². The van der Waals surface area contributed by atoms with Crippen molar-refractivity contribution in [3.63, 3.8) is 0 Å². The third-order valence-corrected chi connectivity index (χ3v) is 3.60. The molecule has 0 amide bonds. The van der Waals surface area contributed by atoms with Gasteiger partial charge in [-0.25, -0.2) is 0 Å². The summed E-state index contributed by atoms with van der Waals surface area (Å²) in [6.45, 7) is 2.14. The van der Waals surface area contributed by atoms with E-state index >= 15 is 0 Å². The molecule has 96 valence electrons. The summed E-state index contributed by atoms with van der Waals surface area (Å²) in [5, 5.41) is 15.3. The number of nitrogens with zero attached hydrogens (tertiary/aromatic N) is 2. The van der Waals surface area contributed by atoms with E-state index in [1.165, 1.54) is 12.0 Å². The molecule has 0 bridgehead atoms. The van der Waals surface area contributed by atoms with Crippen LogP contribution in [0.5, 0.6) is 0 Å². The van der Waals surface area contributed by atoms with Gasteiger partial charge in [-0.3, -0.25) is 0 Å². The van der Waals surface area contributed by atoms with Gasteiger partial charge in [0.05, 0.1) is 0 Å². The van der Waals surface area contributed by atoms with Crippen molar-refractivity contribution >= 4 is 17.0 Å². The maximum Gasteiger partial charge on any atom is 0.247 e. The summed E-state index contributed by atoms with van der Waals surface area (Å²) < 4.78 is 5.20. The Bertz CT molecular complexity index is 635. The van der Waals surface area contributed by atoms with Crippen LogP contribution in [0.25, 0.3) is 11.5 Å². The van der Waals surface area contributed by atoms with E-state index in [2.05, 4.69) is 39.3 Å². The molecule has 1 aromatic carbocycles. The molecule has 0 spiro atoms. The largest absolute Gasteiger partial charge is 0.423 e. The highest BCUT2D eigenvalue weighted by molar-refractivity contribution is 7.07. The van der Waals surface area contributed by atoms with E-state index in [9.17, 15) is 0 Å². The summed E-state index contributed by atoms with van der Waals surface area (Å²) in [4.78, 5) is 0. The van der Waals surface area contributed by atoms with Gasteiger partial charge in [0, 0.05) is 17.3 Å². The first-order valence-electron chi connectivity index (χ1n) is 5.98. The Kier molecular flexibility index (Phi) is 3.29. The topological polar surface area (TPSA) is 51.0 Å². The lowest BCUT2D eigenvalue weighted by atomic mass is 10.1. The van der Waals surface area contributed by atoms with Gasteiger partial charge < -0.3 is 9.73 Å². The van der Waals surface area contributed by atoms with E-state index in [0.29, 0.717) is 5.89 Å². The first-order valence-corrected chi connectivity index (χ1v) is 6.92. The molecule has 3 rings (SSSR count). The molecular formula is C14H13N3OS. The minimum absolute atomic E-state index is 0.268. The molecule has 3 aromatic rings. The number of nitrogens with one attached hydrogen (secondary N) is 1. The van der Waals surface area contributed by atoms with Gasteiger partial charge in [0.25, 0.3) is 0 Å². The first-order chi connectivity index (χ1) is 9.33. The molecule has 0 fully saturated rings. The van der Waals surface area contributed by atoms with Gasteiger partial charge in [0.2, 0.25) is 12.3 Å². The molecule has 19 heavy (non-hydrogen) atoms. The molecule has 5 heteroatoms. The molecule has 0 aliphatic carbocycles. The second-order valence-electron chi connectivity index (χ2n) is 4.25. The summed E-state index contributed by atoms with van der Waals surface area (Å²) in [5.41, 5.74) is 3.24. The van der Waals surface area contributed by atoms with Crippen molar-refractivity contribution in [3.05, 3.63) is 53.0 Å². The number of rotatable bonds is 4. The molecule has 0 saturated carbocycles. The molecule has 2 aromatic heterocycles. The minimum Gasteiger partial charge on any atom is -0.423 e. The van der Waals surface area contributed by atoms with Crippen molar-refractivity contribution in [3.8, 4) is 11.5 Å². The lowest BCUT2D eigenvalue weighted by molar-refractivity contribution is 0.568. The molecular weight excluding hydrogens is 258 g/mol. The Morgan fingerprint density at radius 1 is 1.32 bits per heavy atom. The summed E-state index contributed by atoms with van der Waals surface area (Å²) in [5.74, 6) is 0.534. The fourth-order valence-electron chi connectivity index (χ4n) is 1.90. The van der Waals surface area contributed by atoms with Crippen LogP contribution < -0.4 is 5.32 Å². The molecule has 4 nitrogen and oxygen atoms in total. The standard InChI is InChI=1S/C14H13N3OS/c1-10(12-5-6-19-8-12)16-13-4-2-3-11(7-13)14-17-15-9-18-14/h2-10,16H,1H3. The molecule has 0 saturated heterocycles. The number of aromatic nitrogens is 2. The summed E-state index contributed by atoms with van der Waals surface area (Å²) in [6.07, 6.45) is 1.34. The van der Waals surface area contributed by atoms with E-state index < -0.39 is 0 Å². The molecule has 2 heterocycles. The van der Waals surface area contributed by atoms with Crippen LogP contribution >= 0.6 is 11.3 Å². The van der Waals surface area contributed by atoms with Gasteiger partial charge in [0.15, 0.2) is 0 Å². The van der Waals surface area contributed by atoms with Crippen molar-refractivity contribution in [2.45, 2.75) is 13.0 Å². The zero-order chi connectivity index (χ0) is 13.1. The third kappa shape index (κ3) is 2.66. The van der Waals surface area contributed by atoms with Gasteiger partial charge in [-0.15, -0.1) is 10.2 Å². The average Bonchev–Trinajstić information content (AvgIpc) is 3.13. The van der Waals surface area contributed by atoms with E-state index in [4.69, 9.17) is 4.42 Å². The predicted molar refractivity (Wildman–Crippen MR) is 76.1 cm³/mol. The Hall–Kier alpha value is -2.14. The lowest BCUT2D eigenvalue weighted by Crippen LogP contribution is -2.05. The quantitative estimate of drug-likeness (QED) is 0.780. The van der Waals surface area contributed by atoms with Crippen LogP contribution in [0, 0.1) is 0 Å². The fourth-order valence-corrected chi connectivity index (χ4v) is 2.65. The highest BCUT2D eigenvalue weighted by Crippen LogP contribution is 2.24. The van der Waals surface area contributed by atoms with Crippen LogP contribution in [0.15, 0.2) is 51.9 Å². The summed E-state index contributed by atoms with van der Waals surface area (Å²) in [6, 6.07) is 10.4. The number of anilines is 1. The highest BCUT2D eigenvalue weighted by Gasteiger charge is 2.08. The average molecular weight is 271 g/mol. The van der Waals surface area contributed by atoms with E-state index in [1.807, 2.05) is 24.3 Å². The Morgan fingerprint density at radius 2 is 2.26 bits per heavy atom. The SMILES string of the molecule is CC(Nc1cccc(-c2nnco2)c1)c1ccsc1. The molecule has 0 radical (unpaired) electrons. The van der Waals surface area contributed by atoms with Crippen LogP contribution in [0.1, 0.15) is 18.5 Å². The van der Waals surface area contributed by atoms with Crippen molar-refractivity contribution in [1.29, 1.82) is 0 Å². The number of hydrogen-bond acceptors (Lipinski definition) is 5. The number of hydrogen-bond donors (Lipinski definition) is 1. The normalized spacial score (nSPS) is 12.3.